The number of aromatic hydroxyl groups is 2. The number of aliphatic hydroxyl groups excluding tert-OH is 1. The van der Waals surface area contributed by atoms with Crippen LogP contribution in [0.25, 0.3) is 0 Å². The quantitative estimate of drug-likeness (QED) is 0.0319. The minimum atomic E-state index is -1.33. The second-order valence-corrected chi connectivity index (χ2v) is 16.6. The monoisotopic (exact) mass is 966 g/mol. The van der Waals surface area contributed by atoms with Crippen molar-refractivity contribution in [2.45, 2.75) is 81.9 Å². The van der Waals surface area contributed by atoms with E-state index in [1.807, 2.05) is 0 Å². The van der Waals surface area contributed by atoms with Gasteiger partial charge in [-0.05, 0) is 73.2 Å². The van der Waals surface area contributed by atoms with Crippen molar-refractivity contribution in [3.8, 4) is 11.5 Å². The molecule has 15 N–H and O–H groups in total. The predicted molar refractivity (Wildman–Crippen MR) is 257 cm³/mol. The lowest BCUT2D eigenvalue weighted by Crippen LogP contribution is -2.55. The van der Waals surface area contributed by atoms with Gasteiger partial charge >= 0.3 is 0 Å². The van der Waals surface area contributed by atoms with E-state index < -0.39 is 103 Å². The van der Waals surface area contributed by atoms with Gasteiger partial charge in [0.1, 0.15) is 35.7 Å². The lowest BCUT2D eigenvalue weighted by molar-refractivity contribution is -0.131. The summed E-state index contributed by atoms with van der Waals surface area (Å²) < 4.78 is 0. The second-order valence-electron chi connectivity index (χ2n) is 16.6. The van der Waals surface area contributed by atoms with Crippen molar-refractivity contribution >= 4 is 47.3 Å². The molecule has 8 amide bonds. The van der Waals surface area contributed by atoms with Crippen LogP contribution in [0.2, 0.25) is 0 Å². The van der Waals surface area contributed by atoms with Crippen molar-refractivity contribution in [3.05, 3.63) is 131 Å². The van der Waals surface area contributed by atoms with E-state index in [4.69, 9.17) is 11.5 Å². The van der Waals surface area contributed by atoms with Crippen molar-refractivity contribution in [2.24, 2.45) is 11.5 Å². The van der Waals surface area contributed by atoms with E-state index in [0.29, 0.717) is 22.3 Å². The third-order valence-electron chi connectivity index (χ3n) is 10.7. The van der Waals surface area contributed by atoms with Crippen LogP contribution < -0.4 is 54.0 Å². The Bertz CT molecular complexity index is 2210. The average Bonchev–Trinajstić information content (AvgIpc) is 3.34. The molecule has 21 nitrogen and oxygen atoms in total. The van der Waals surface area contributed by atoms with E-state index in [1.54, 1.807) is 84.9 Å². The second kappa shape index (κ2) is 27.8. The Morgan fingerprint density at radius 1 is 0.429 bits per heavy atom. The van der Waals surface area contributed by atoms with Crippen LogP contribution in [-0.2, 0) is 64.0 Å². The number of phenols is 2. The molecule has 21 heteroatoms. The third-order valence-corrected chi connectivity index (χ3v) is 10.7. The van der Waals surface area contributed by atoms with Gasteiger partial charge in [-0.1, -0.05) is 84.9 Å². The molecular weight excluding hydrogens is 905 g/mol. The first-order chi connectivity index (χ1) is 33.4. The molecule has 0 radical (unpaired) electrons. The van der Waals surface area contributed by atoms with Gasteiger partial charge in [0, 0.05) is 25.9 Å². The number of aliphatic hydroxyl groups is 1. The molecule has 4 aromatic rings. The summed E-state index contributed by atoms with van der Waals surface area (Å²) in [4.78, 5) is 104. The van der Waals surface area contributed by atoms with E-state index in [0.717, 1.165) is 0 Å². The Labute approximate surface area is 404 Å². The molecule has 0 spiro atoms. The largest absolute Gasteiger partial charge is 0.508 e. The first-order valence-corrected chi connectivity index (χ1v) is 22.5. The Balaban J connectivity index is 1.25. The van der Waals surface area contributed by atoms with Gasteiger partial charge in [-0.25, -0.2) is 0 Å². The van der Waals surface area contributed by atoms with Crippen molar-refractivity contribution in [3.63, 3.8) is 0 Å². The summed E-state index contributed by atoms with van der Waals surface area (Å²) in [5.74, 6) is -5.30. The van der Waals surface area contributed by atoms with Crippen LogP contribution >= 0.6 is 0 Å². The highest BCUT2D eigenvalue weighted by molar-refractivity contribution is 5.94. The lowest BCUT2D eigenvalue weighted by atomic mass is 10.0. The Morgan fingerprint density at radius 2 is 0.757 bits per heavy atom. The fourth-order valence-corrected chi connectivity index (χ4v) is 6.73. The average molecular weight is 967 g/mol. The van der Waals surface area contributed by atoms with Crippen LogP contribution in [0.1, 0.15) is 36.1 Å². The zero-order valence-electron chi connectivity index (χ0n) is 38.9. The lowest BCUT2D eigenvalue weighted by Gasteiger charge is -2.22. The highest BCUT2D eigenvalue weighted by Crippen LogP contribution is 2.12. The summed E-state index contributed by atoms with van der Waals surface area (Å²) in [6.07, 6.45) is -0.963. The highest BCUT2D eigenvalue weighted by Gasteiger charge is 2.27. The molecule has 0 saturated carbocycles. The van der Waals surface area contributed by atoms with Crippen molar-refractivity contribution < 1.29 is 53.7 Å². The molecule has 0 unspecified atom stereocenters. The van der Waals surface area contributed by atoms with Crippen LogP contribution in [0, 0.1) is 0 Å². The molecule has 0 bridgehead atoms. The zero-order valence-corrected chi connectivity index (χ0v) is 38.9. The van der Waals surface area contributed by atoms with Crippen LogP contribution in [0.4, 0.5) is 0 Å². The molecule has 6 atom stereocenters. The Hall–Kier alpha value is -7.88. The summed E-state index contributed by atoms with van der Waals surface area (Å²) in [5, 5.41) is 49.9. The van der Waals surface area contributed by atoms with Crippen molar-refractivity contribution in [1.82, 2.24) is 42.5 Å². The summed E-state index contributed by atoms with van der Waals surface area (Å²) >= 11 is 0. The molecule has 0 heterocycles. The van der Waals surface area contributed by atoms with Gasteiger partial charge in [0.15, 0.2) is 0 Å². The molecule has 4 aromatic carbocycles. The predicted octanol–water partition coefficient (Wildman–Crippen LogP) is -2.17. The molecule has 0 fully saturated rings. The number of benzene rings is 4. The summed E-state index contributed by atoms with van der Waals surface area (Å²) in [7, 11) is 0. The molecule has 0 aromatic heterocycles. The first kappa shape index (κ1) is 54.7. The SMILES string of the molecule is C[C@@H](NC(=O)[C@@H](N)Cc1ccc(O)cc1)C(=O)NCC(=O)N[C@@H](Cc1ccccc1)C(=O)NCC(O)CNC(=O)[C@H](Cc1ccccc1)NC(=O)CNC(=O)[C@@H](C)NC(=O)[C@@H](N)Cc1ccc(O)cc1. The molecule has 0 aliphatic carbocycles. The van der Waals surface area contributed by atoms with Crippen LogP contribution in [0.5, 0.6) is 11.5 Å². The van der Waals surface area contributed by atoms with Gasteiger partial charge in [-0.3, -0.25) is 38.4 Å². The Morgan fingerprint density at radius 3 is 1.10 bits per heavy atom. The van der Waals surface area contributed by atoms with E-state index >= 15 is 0 Å². The summed E-state index contributed by atoms with van der Waals surface area (Å²) in [5.41, 5.74) is 14.8. The number of amides is 8. The van der Waals surface area contributed by atoms with Crippen LogP contribution in [0.3, 0.4) is 0 Å². The molecule has 4 rings (SSSR count). The molecule has 70 heavy (non-hydrogen) atoms. The number of nitrogens with one attached hydrogen (secondary N) is 8. The molecule has 374 valence electrons. The number of carbonyl (C=O) groups excluding carboxylic acids is 8. The number of hydrogen-bond donors (Lipinski definition) is 13. The fourth-order valence-electron chi connectivity index (χ4n) is 6.73. The number of carbonyl (C=O) groups is 8. The molecule has 0 saturated heterocycles. The van der Waals surface area contributed by atoms with Gasteiger partial charge < -0.3 is 69.3 Å². The third kappa shape index (κ3) is 19.4. The first-order valence-electron chi connectivity index (χ1n) is 22.5. The van der Waals surface area contributed by atoms with Crippen molar-refractivity contribution in [1.29, 1.82) is 0 Å². The fraction of sp³-hybridized carbons (Fsp3) is 0.347. The number of nitrogens with two attached hydrogens (primary N) is 2. The van der Waals surface area contributed by atoms with Crippen LogP contribution in [-0.4, -0.2) is 131 Å². The standard InChI is InChI=1S/C49H62N10O11/c1-29(56-46(67)38(50)21-33-13-17-35(60)18-14-33)44(65)54-27-42(63)58-40(23-31-9-5-3-6-10-31)48(69)52-25-37(62)26-53-49(70)41(24-32-11-7-4-8-12-32)59-43(64)28-55-45(66)30(2)57-47(68)39(51)22-34-15-19-36(61)20-16-34/h3-20,29-30,37-41,60-62H,21-28,50-51H2,1-2H3,(H,52,69)(H,53,70)(H,54,65)(H,55,66)(H,56,67)(H,57,68)(H,58,63)(H,59,64)/t29-,30-,38+,39+,40+,41+/m1/s1. The maximum atomic E-state index is 13.5. The van der Waals surface area contributed by atoms with Gasteiger partial charge in [-0.2, -0.15) is 0 Å². The highest BCUT2D eigenvalue weighted by atomic mass is 16.3. The van der Waals surface area contributed by atoms with Crippen molar-refractivity contribution in [2.75, 3.05) is 26.2 Å². The van der Waals surface area contributed by atoms with E-state index in [-0.39, 0.29) is 50.3 Å². The molecule has 0 aliphatic heterocycles. The molecular formula is C49H62N10O11. The number of phenolic OH excluding ortho intramolecular Hbond substituents is 2. The van der Waals surface area contributed by atoms with Gasteiger partial charge in [0.2, 0.25) is 47.3 Å². The van der Waals surface area contributed by atoms with Gasteiger partial charge in [-0.15, -0.1) is 0 Å². The summed E-state index contributed by atoms with van der Waals surface area (Å²) in [6.45, 7) is 1.01. The summed E-state index contributed by atoms with van der Waals surface area (Å²) in [6, 6.07) is 23.4. The smallest absolute Gasteiger partial charge is 0.243 e. The maximum Gasteiger partial charge on any atom is 0.243 e. The normalized spacial score (nSPS) is 13.5. The number of hydrogen-bond acceptors (Lipinski definition) is 13. The van der Waals surface area contributed by atoms with E-state index in [9.17, 15) is 53.7 Å². The molecule has 0 aliphatic rings. The minimum Gasteiger partial charge on any atom is -0.508 e. The Kier molecular flexibility index (Phi) is 21.7. The van der Waals surface area contributed by atoms with E-state index in [1.165, 1.54) is 38.1 Å². The number of rotatable bonds is 26. The van der Waals surface area contributed by atoms with Gasteiger partial charge in [0.25, 0.3) is 0 Å². The zero-order chi connectivity index (χ0) is 51.2. The van der Waals surface area contributed by atoms with Crippen LogP contribution in [0.15, 0.2) is 109 Å². The topological polar surface area (TPSA) is 346 Å². The maximum absolute atomic E-state index is 13.5. The minimum absolute atomic E-state index is 0.0374. The van der Waals surface area contributed by atoms with Gasteiger partial charge in [0.05, 0.1) is 31.3 Å². The van der Waals surface area contributed by atoms with E-state index in [2.05, 4.69) is 42.5 Å².